The number of ether oxygens (including phenoxy) is 3. The molecule has 9 nitrogen and oxygen atoms in total. The number of benzene rings is 2. The van der Waals surface area contributed by atoms with Gasteiger partial charge in [-0.05, 0) is 36.8 Å². The zero-order valence-electron chi connectivity index (χ0n) is 21.9. The van der Waals surface area contributed by atoms with E-state index in [2.05, 4.69) is 20.9 Å². The van der Waals surface area contributed by atoms with Crippen molar-refractivity contribution >= 4 is 5.82 Å². The number of hydrazine groups is 1. The first-order valence-electron chi connectivity index (χ1n) is 12.5. The van der Waals surface area contributed by atoms with Crippen molar-refractivity contribution in [1.82, 2.24) is 20.1 Å². The van der Waals surface area contributed by atoms with Crippen molar-refractivity contribution in [3.63, 3.8) is 0 Å². The van der Waals surface area contributed by atoms with E-state index in [1.54, 1.807) is 17.9 Å². The van der Waals surface area contributed by atoms with Crippen LogP contribution < -0.4 is 15.6 Å². The highest BCUT2D eigenvalue weighted by Gasteiger charge is 2.34. The SMILES string of the molecule is COCCN1C[C@@H](NNc2c(C)c(OC[C@@H](O)COC)nn2-c2ccccc2)[C@H](c2ccc(F)c(F)c2)C1. The average Bonchev–Trinajstić information content (AvgIpc) is 3.47. The smallest absolute Gasteiger partial charge is 0.238 e. The summed E-state index contributed by atoms with van der Waals surface area (Å²) in [5.41, 5.74) is 8.99. The van der Waals surface area contributed by atoms with E-state index < -0.39 is 17.7 Å². The Hall–Kier alpha value is -3.09. The summed E-state index contributed by atoms with van der Waals surface area (Å²) in [5.74, 6) is -0.788. The monoisotopic (exact) mass is 531 g/mol. The Morgan fingerprint density at radius 3 is 2.55 bits per heavy atom. The van der Waals surface area contributed by atoms with Gasteiger partial charge in [0.25, 0.3) is 0 Å². The topological polar surface area (TPSA) is 93.0 Å². The molecule has 206 valence electrons. The van der Waals surface area contributed by atoms with Gasteiger partial charge in [-0.15, -0.1) is 5.10 Å². The molecule has 0 unspecified atom stereocenters. The number of rotatable bonds is 13. The Morgan fingerprint density at radius 2 is 1.84 bits per heavy atom. The lowest BCUT2D eigenvalue weighted by Gasteiger charge is -2.22. The standard InChI is InChI=1S/C27H35F2N5O4/c1-18-26(34(20-7-5-4-6-8-20)32-27(18)38-17-21(35)16-37-3)31-30-25-15-33(11-12-36-2)14-22(25)19-9-10-23(28)24(29)13-19/h4-10,13,21-22,25,30-31,35H,11-12,14-17H2,1-3H3/t21-,22-,25+/m0/s1. The van der Waals surface area contributed by atoms with E-state index in [1.165, 1.54) is 19.2 Å². The lowest BCUT2D eigenvalue weighted by molar-refractivity contribution is 0.0311. The average molecular weight is 532 g/mol. The quantitative estimate of drug-likeness (QED) is 0.290. The lowest BCUT2D eigenvalue weighted by Crippen LogP contribution is -2.40. The molecule has 0 bridgehead atoms. The molecule has 2 aromatic carbocycles. The van der Waals surface area contributed by atoms with Crippen LogP contribution in [0, 0.1) is 18.6 Å². The van der Waals surface area contributed by atoms with Gasteiger partial charge >= 0.3 is 0 Å². The largest absolute Gasteiger partial charge is 0.474 e. The van der Waals surface area contributed by atoms with Crippen LogP contribution in [0.5, 0.6) is 5.88 Å². The molecule has 1 aromatic heterocycles. The van der Waals surface area contributed by atoms with Gasteiger partial charge in [0.2, 0.25) is 5.88 Å². The van der Waals surface area contributed by atoms with Crippen molar-refractivity contribution in [1.29, 1.82) is 0 Å². The van der Waals surface area contributed by atoms with E-state index in [0.717, 1.165) is 17.8 Å². The Bertz CT molecular complexity index is 1180. The van der Waals surface area contributed by atoms with Gasteiger partial charge in [0.1, 0.15) is 12.7 Å². The van der Waals surface area contributed by atoms with Crippen LogP contribution in [0.4, 0.5) is 14.6 Å². The Balaban J connectivity index is 1.57. The number of nitrogens with one attached hydrogen (secondary N) is 2. The number of likely N-dealkylation sites (tertiary alicyclic amines) is 1. The number of hydrogen-bond acceptors (Lipinski definition) is 8. The third-order valence-corrected chi connectivity index (χ3v) is 6.61. The molecule has 38 heavy (non-hydrogen) atoms. The van der Waals surface area contributed by atoms with E-state index in [-0.39, 0.29) is 25.2 Å². The van der Waals surface area contributed by atoms with E-state index in [9.17, 15) is 13.9 Å². The summed E-state index contributed by atoms with van der Waals surface area (Å²) in [7, 11) is 3.17. The van der Waals surface area contributed by atoms with Crippen molar-refractivity contribution in [2.45, 2.75) is 25.0 Å². The van der Waals surface area contributed by atoms with Gasteiger partial charge < -0.3 is 24.7 Å². The summed E-state index contributed by atoms with van der Waals surface area (Å²) in [6.45, 7) is 4.68. The number of methoxy groups -OCH3 is 2. The zero-order valence-corrected chi connectivity index (χ0v) is 21.9. The van der Waals surface area contributed by atoms with Crippen molar-refractivity contribution in [3.8, 4) is 11.6 Å². The summed E-state index contributed by atoms with van der Waals surface area (Å²) in [6, 6.07) is 13.5. The molecule has 4 rings (SSSR count). The minimum Gasteiger partial charge on any atom is -0.474 e. The normalized spacial score (nSPS) is 18.6. The zero-order chi connectivity index (χ0) is 27.1. The first-order valence-corrected chi connectivity index (χ1v) is 12.5. The molecule has 0 aliphatic carbocycles. The fourth-order valence-corrected chi connectivity index (χ4v) is 4.61. The van der Waals surface area contributed by atoms with Crippen LogP contribution in [0.2, 0.25) is 0 Å². The third-order valence-electron chi connectivity index (χ3n) is 6.61. The van der Waals surface area contributed by atoms with Crippen LogP contribution in [0.3, 0.4) is 0 Å². The summed E-state index contributed by atoms with van der Waals surface area (Å²) < 4.78 is 45.5. The minimum absolute atomic E-state index is 0.0304. The predicted molar refractivity (Wildman–Crippen MR) is 140 cm³/mol. The van der Waals surface area contributed by atoms with E-state index >= 15 is 0 Å². The molecule has 1 saturated heterocycles. The molecule has 0 radical (unpaired) electrons. The molecule has 1 fully saturated rings. The Kier molecular flexibility index (Phi) is 9.64. The number of para-hydroxylation sites is 1. The molecular formula is C27H35F2N5O4. The van der Waals surface area contributed by atoms with Crippen LogP contribution in [0.1, 0.15) is 17.0 Å². The van der Waals surface area contributed by atoms with Gasteiger partial charge in [0.15, 0.2) is 17.5 Å². The van der Waals surface area contributed by atoms with Gasteiger partial charge in [-0.1, -0.05) is 24.3 Å². The molecular weight excluding hydrogens is 496 g/mol. The summed E-state index contributed by atoms with van der Waals surface area (Å²) in [6.07, 6.45) is -0.788. The highest BCUT2D eigenvalue weighted by atomic mass is 19.2. The van der Waals surface area contributed by atoms with E-state index in [0.29, 0.717) is 37.0 Å². The summed E-state index contributed by atoms with van der Waals surface area (Å²) in [5, 5.41) is 14.7. The van der Waals surface area contributed by atoms with Gasteiger partial charge in [0.05, 0.1) is 24.5 Å². The van der Waals surface area contributed by atoms with Crippen LogP contribution in [0.15, 0.2) is 48.5 Å². The number of aliphatic hydroxyl groups excluding tert-OH is 1. The maximum atomic E-state index is 14.1. The molecule has 2 heterocycles. The number of hydrogen-bond donors (Lipinski definition) is 3. The number of aromatic nitrogens is 2. The maximum Gasteiger partial charge on any atom is 0.238 e. The van der Waals surface area contributed by atoms with Crippen molar-refractivity contribution < 1.29 is 28.1 Å². The van der Waals surface area contributed by atoms with Crippen LogP contribution in [-0.4, -0.2) is 85.6 Å². The van der Waals surface area contributed by atoms with Gasteiger partial charge in [-0.2, -0.15) is 0 Å². The second-order valence-corrected chi connectivity index (χ2v) is 9.35. The van der Waals surface area contributed by atoms with Crippen LogP contribution in [-0.2, 0) is 9.47 Å². The van der Waals surface area contributed by atoms with Crippen LogP contribution in [0.25, 0.3) is 5.69 Å². The van der Waals surface area contributed by atoms with E-state index in [1.807, 2.05) is 37.3 Å². The molecule has 11 heteroatoms. The van der Waals surface area contributed by atoms with E-state index in [4.69, 9.17) is 14.2 Å². The number of aliphatic hydroxyl groups is 1. The minimum atomic E-state index is -0.865. The van der Waals surface area contributed by atoms with Crippen molar-refractivity contribution in [2.24, 2.45) is 0 Å². The van der Waals surface area contributed by atoms with Gasteiger partial charge in [-0.25, -0.2) is 18.9 Å². The van der Waals surface area contributed by atoms with Crippen molar-refractivity contribution in [3.05, 3.63) is 71.3 Å². The van der Waals surface area contributed by atoms with Gasteiger partial charge in [0, 0.05) is 45.8 Å². The predicted octanol–water partition coefficient (Wildman–Crippen LogP) is 2.88. The fraction of sp³-hybridized carbons (Fsp3) is 0.444. The van der Waals surface area contributed by atoms with Gasteiger partial charge in [-0.3, -0.25) is 4.90 Å². The highest BCUT2D eigenvalue weighted by Crippen LogP contribution is 2.31. The second-order valence-electron chi connectivity index (χ2n) is 9.35. The first kappa shape index (κ1) is 27.9. The lowest BCUT2D eigenvalue weighted by atomic mass is 9.94. The number of nitrogens with zero attached hydrogens (tertiary/aromatic N) is 3. The Morgan fingerprint density at radius 1 is 1.05 bits per heavy atom. The molecule has 3 aromatic rings. The Labute approximate surface area is 221 Å². The third kappa shape index (κ3) is 6.66. The highest BCUT2D eigenvalue weighted by molar-refractivity contribution is 5.54. The molecule has 3 atom stereocenters. The molecule has 0 amide bonds. The number of halogens is 2. The first-order chi connectivity index (χ1) is 18.4. The second kappa shape index (κ2) is 13.1. The molecule has 3 N–H and O–H groups in total. The fourth-order valence-electron chi connectivity index (χ4n) is 4.61. The molecule has 1 aliphatic rings. The molecule has 1 aliphatic heterocycles. The summed E-state index contributed by atoms with van der Waals surface area (Å²) >= 11 is 0. The van der Waals surface area contributed by atoms with Crippen molar-refractivity contribution in [2.75, 3.05) is 59.1 Å². The molecule has 0 saturated carbocycles. The number of anilines is 1. The van der Waals surface area contributed by atoms with Crippen LogP contribution >= 0.6 is 0 Å². The maximum absolute atomic E-state index is 14.1. The summed E-state index contributed by atoms with van der Waals surface area (Å²) in [4.78, 5) is 2.22. The molecule has 0 spiro atoms.